The lowest BCUT2D eigenvalue weighted by atomic mass is 10.3. The molecule has 0 bridgehead atoms. The van der Waals surface area contributed by atoms with Gasteiger partial charge in [-0.1, -0.05) is 0 Å². The Balaban J connectivity index is 1.55. The summed E-state index contributed by atoms with van der Waals surface area (Å²) in [6, 6.07) is 5.83. The van der Waals surface area contributed by atoms with Crippen LogP contribution in [0.1, 0.15) is 10.5 Å². The fourth-order valence-corrected chi connectivity index (χ4v) is 4.16. The molecule has 0 aliphatic carbocycles. The number of ether oxygens (including phenoxy) is 3. The number of aromatic nitrogens is 1. The minimum Gasteiger partial charge on any atom is -0.491 e. The number of benzene rings is 1. The maximum atomic E-state index is 12.4. The summed E-state index contributed by atoms with van der Waals surface area (Å²) in [6.45, 7) is 3.40. The molecule has 1 amide bonds. The number of rotatable bonds is 9. The topological polar surface area (TPSA) is 119 Å². The number of hydrazine groups is 1. The molecule has 10 nitrogen and oxygen atoms in total. The molecule has 0 atom stereocenters. The molecule has 1 aliphatic rings. The van der Waals surface area contributed by atoms with Gasteiger partial charge in [0.05, 0.1) is 24.7 Å². The summed E-state index contributed by atoms with van der Waals surface area (Å²) in [7, 11) is -2.37. The number of anilines is 1. The van der Waals surface area contributed by atoms with Gasteiger partial charge < -0.3 is 19.1 Å². The van der Waals surface area contributed by atoms with E-state index in [1.54, 1.807) is 12.5 Å². The van der Waals surface area contributed by atoms with Crippen LogP contribution in [-0.2, 0) is 19.5 Å². The minimum absolute atomic E-state index is 0.0100. The molecular weight excluding hydrogens is 420 g/mol. The van der Waals surface area contributed by atoms with E-state index in [0.717, 1.165) is 0 Å². The molecule has 12 heteroatoms. The van der Waals surface area contributed by atoms with Crippen molar-refractivity contribution >= 4 is 32.4 Å². The van der Waals surface area contributed by atoms with Gasteiger partial charge in [0.25, 0.3) is 15.9 Å². The third-order valence-corrected chi connectivity index (χ3v) is 6.16. The van der Waals surface area contributed by atoms with Crippen molar-refractivity contribution in [3.05, 3.63) is 35.3 Å². The monoisotopic (exact) mass is 442 g/mol. The zero-order chi connectivity index (χ0) is 20.7. The maximum absolute atomic E-state index is 12.4. The van der Waals surface area contributed by atoms with E-state index in [1.807, 2.05) is 4.90 Å². The number of nitrogens with zero attached hydrogens (tertiary/aromatic N) is 2. The van der Waals surface area contributed by atoms with Crippen molar-refractivity contribution in [1.29, 1.82) is 0 Å². The first-order chi connectivity index (χ1) is 14.0. The number of thiazole rings is 1. The molecule has 1 aliphatic heterocycles. The number of hydrogen-bond donors (Lipinski definition) is 2. The summed E-state index contributed by atoms with van der Waals surface area (Å²) in [6.07, 6.45) is 0. The molecule has 0 saturated carbocycles. The molecule has 1 aromatic carbocycles. The van der Waals surface area contributed by atoms with Gasteiger partial charge in [-0.05, 0) is 24.3 Å². The van der Waals surface area contributed by atoms with Crippen LogP contribution in [0.3, 0.4) is 0 Å². The smallest absolute Gasteiger partial charge is 0.285 e. The van der Waals surface area contributed by atoms with Crippen LogP contribution in [-0.4, -0.2) is 65.9 Å². The van der Waals surface area contributed by atoms with Crippen molar-refractivity contribution in [2.24, 2.45) is 0 Å². The SMILES string of the molecule is COCCOc1ccc(S(=O)(=O)NNC(=O)c2csc(N3CCOCC3)n2)cc1. The maximum Gasteiger partial charge on any atom is 0.285 e. The number of nitrogens with one attached hydrogen (secondary N) is 2. The van der Waals surface area contributed by atoms with Crippen molar-refractivity contribution in [3.8, 4) is 5.75 Å². The fourth-order valence-electron chi connectivity index (χ4n) is 2.46. The Morgan fingerprint density at radius 1 is 1.24 bits per heavy atom. The molecule has 0 spiro atoms. The van der Waals surface area contributed by atoms with E-state index in [2.05, 4.69) is 15.2 Å². The van der Waals surface area contributed by atoms with E-state index in [-0.39, 0.29) is 10.6 Å². The second-order valence-electron chi connectivity index (χ2n) is 5.99. The summed E-state index contributed by atoms with van der Waals surface area (Å²) in [5.74, 6) is -0.119. The first kappa shape index (κ1) is 21.5. The molecular formula is C17H22N4O6S2. The molecule has 0 radical (unpaired) electrons. The van der Waals surface area contributed by atoms with Gasteiger partial charge in [-0.2, -0.15) is 0 Å². The normalized spacial score (nSPS) is 14.6. The minimum atomic E-state index is -3.93. The number of carbonyl (C=O) groups is 1. The number of morpholine rings is 1. The summed E-state index contributed by atoms with van der Waals surface area (Å²) in [4.78, 5) is 20.6. The van der Waals surface area contributed by atoms with E-state index in [1.165, 1.54) is 35.6 Å². The molecule has 29 heavy (non-hydrogen) atoms. The predicted octanol–water partition coefficient (Wildman–Crippen LogP) is 0.628. The van der Waals surface area contributed by atoms with E-state index in [9.17, 15) is 13.2 Å². The fraction of sp³-hybridized carbons (Fsp3) is 0.412. The molecule has 158 valence electrons. The second kappa shape index (κ2) is 9.98. The van der Waals surface area contributed by atoms with Crippen LogP contribution in [0.4, 0.5) is 5.13 Å². The van der Waals surface area contributed by atoms with Crippen LogP contribution < -0.4 is 19.9 Å². The van der Waals surface area contributed by atoms with Crippen LogP contribution in [0, 0.1) is 0 Å². The summed E-state index contributed by atoms with van der Waals surface area (Å²) < 4.78 is 40.3. The Morgan fingerprint density at radius 2 is 1.97 bits per heavy atom. The summed E-state index contributed by atoms with van der Waals surface area (Å²) >= 11 is 1.32. The lowest BCUT2D eigenvalue weighted by Gasteiger charge is -2.25. The van der Waals surface area contributed by atoms with Gasteiger partial charge in [0.1, 0.15) is 18.1 Å². The van der Waals surface area contributed by atoms with Crippen molar-refractivity contribution in [2.75, 3.05) is 51.5 Å². The number of carbonyl (C=O) groups excluding carboxylic acids is 1. The highest BCUT2D eigenvalue weighted by Crippen LogP contribution is 2.21. The Hall–Kier alpha value is -2.25. The Kier molecular flexibility index (Phi) is 7.39. The molecule has 3 rings (SSSR count). The number of amides is 1. The van der Waals surface area contributed by atoms with E-state index in [4.69, 9.17) is 14.2 Å². The van der Waals surface area contributed by atoms with Crippen LogP contribution in [0.25, 0.3) is 0 Å². The highest BCUT2D eigenvalue weighted by atomic mass is 32.2. The van der Waals surface area contributed by atoms with Crippen LogP contribution >= 0.6 is 11.3 Å². The zero-order valence-corrected chi connectivity index (χ0v) is 17.4. The third-order valence-electron chi connectivity index (χ3n) is 4.00. The Labute approximate surface area is 172 Å². The highest BCUT2D eigenvalue weighted by molar-refractivity contribution is 7.89. The molecule has 2 heterocycles. The molecule has 2 aromatic rings. The van der Waals surface area contributed by atoms with Crippen LogP contribution in [0.2, 0.25) is 0 Å². The van der Waals surface area contributed by atoms with Gasteiger partial charge in [0.15, 0.2) is 5.13 Å². The summed E-state index contributed by atoms with van der Waals surface area (Å²) in [5, 5.41) is 2.28. The molecule has 0 unspecified atom stereocenters. The van der Waals surface area contributed by atoms with E-state index in [0.29, 0.717) is 50.4 Å². The van der Waals surface area contributed by atoms with Gasteiger partial charge in [-0.3, -0.25) is 10.2 Å². The van der Waals surface area contributed by atoms with E-state index >= 15 is 0 Å². The first-order valence-electron chi connectivity index (χ1n) is 8.82. The lowest BCUT2D eigenvalue weighted by Crippen LogP contribution is -2.41. The van der Waals surface area contributed by atoms with Gasteiger partial charge in [0.2, 0.25) is 0 Å². The number of sulfonamides is 1. The predicted molar refractivity (Wildman–Crippen MR) is 107 cm³/mol. The number of hydrogen-bond acceptors (Lipinski definition) is 9. The average molecular weight is 443 g/mol. The Morgan fingerprint density at radius 3 is 2.66 bits per heavy atom. The molecule has 1 saturated heterocycles. The van der Waals surface area contributed by atoms with Crippen molar-refractivity contribution in [2.45, 2.75) is 4.90 Å². The molecule has 2 N–H and O–H groups in total. The van der Waals surface area contributed by atoms with Gasteiger partial charge >= 0.3 is 0 Å². The number of methoxy groups -OCH3 is 1. The van der Waals surface area contributed by atoms with Crippen molar-refractivity contribution < 1.29 is 27.4 Å². The second-order valence-corrected chi connectivity index (χ2v) is 8.51. The molecule has 1 aromatic heterocycles. The Bertz CT molecular complexity index is 910. The lowest BCUT2D eigenvalue weighted by molar-refractivity contribution is 0.0940. The van der Waals surface area contributed by atoms with E-state index < -0.39 is 15.9 Å². The highest BCUT2D eigenvalue weighted by Gasteiger charge is 2.20. The summed E-state index contributed by atoms with van der Waals surface area (Å²) in [5.41, 5.74) is 2.33. The van der Waals surface area contributed by atoms with Gasteiger partial charge in [-0.25, -0.2) is 13.4 Å². The third kappa shape index (κ3) is 5.87. The zero-order valence-electron chi connectivity index (χ0n) is 15.8. The standard InChI is InChI=1S/C17H22N4O6S2/c1-25-10-11-27-13-2-4-14(5-3-13)29(23,24)20-19-16(22)15-12-28-17(18-15)21-6-8-26-9-7-21/h2-5,12,20H,6-11H2,1H3,(H,19,22). The van der Waals surface area contributed by atoms with Crippen molar-refractivity contribution in [3.63, 3.8) is 0 Å². The first-order valence-corrected chi connectivity index (χ1v) is 11.2. The largest absolute Gasteiger partial charge is 0.491 e. The van der Waals surface area contributed by atoms with Crippen LogP contribution in [0.15, 0.2) is 34.5 Å². The van der Waals surface area contributed by atoms with Gasteiger partial charge in [-0.15, -0.1) is 16.2 Å². The van der Waals surface area contributed by atoms with Gasteiger partial charge in [0, 0.05) is 25.6 Å². The molecule has 1 fully saturated rings. The van der Waals surface area contributed by atoms with Crippen molar-refractivity contribution in [1.82, 2.24) is 15.2 Å². The quantitative estimate of drug-likeness (QED) is 0.429. The average Bonchev–Trinajstić information content (AvgIpc) is 3.24. The van der Waals surface area contributed by atoms with Crippen LogP contribution in [0.5, 0.6) is 5.75 Å².